The summed E-state index contributed by atoms with van der Waals surface area (Å²) < 4.78 is 0. The quantitative estimate of drug-likeness (QED) is 0.850. The van der Waals surface area contributed by atoms with E-state index in [0.29, 0.717) is 18.0 Å². The molecule has 0 bridgehead atoms. The molecule has 21 heavy (non-hydrogen) atoms. The predicted octanol–water partition coefficient (Wildman–Crippen LogP) is 2.80. The van der Waals surface area contributed by atoms with E-state index < -0.39 is 0 Å². The maximum absolute atomic E-state index is 12.4. The lowest BCUT2D eigenvalue weighted by Gasteiger charge is -2.25. The highest BCUT2D eigenvalue weighted by Crippen LogP contribution is 2.11. The van der Waals surface area contributed by atoms with Crippen molar-refractivity contribution in [2.75, 3.05) is 13.1 Å². The summed E-state index contributed by atoms with van der Waals surface area (Å²) in [5.41, 5.74) is 1.13. The van der Waals surface area contributed by atoms with E-state index in [-0.39, 0.29) is 23.9 Å². The Morgan fingerprint density at radius 2 is 1.95 bits per heavy atom. The first-order chi connectivity index (χ1) is 9.76. The van der Waals surface area contributed by atoms with Crippen LogP contribution < -0.4 is 5.32 Å². The highest BCUT2D eigenvalue weighted by Gasteiger charge is 2.20. The van der Waals surface area contributed by atoms with E-state index in [1.165, 1.54) is 4.90 Å². The van der Waals surface area contributed by atoms with Crippen LogP contribution in [0.5, 0.6) is 0 Å². The van der Waals surface area contributed by atoms with Crippen molar-refractivity contribution in [2.45, 2.75) is 39.1 Å². The number of hydrogen-bond acceptors (Lipinski definition) is 2. The Morgan fingerprint density at radius 3 is 2.48 bits per heavy atom. The molecule has 0 saturated carbocycles. The van der Waals surface area contributed by atoms with Gasteiger partial charge in [0, 0.05) is 23.5 Å². The van der Waals surface area contributed by atoms with Crippen molar-refractivity contribution in [3.63, 3.8) is 0 Å². The Labute approximate surface area is 131 Å². The van der Waals surface area contributed by atoms with Gasteiger partial charge in [0.25, 0.3) is 5.91 Å². The summed E-state index contributed by atoms with van der Waals surface area (Å²) in [6.07, 6.45) is 0. The zero-order valence-electron chi connectivity index (χ0n) is 13.1. The molecule has 0 heterocycles. The fraction of sp³-hybridized carbons (Fsp3) is 0.500. The van der Waals surface area contributed by atoms with E-state index in [2.05, 4.69) is 5.32 Å². The van der Waals surface area contributed by atoms with Gasteiger partial charge in [-0.05, 0) is 45.4 Å². The summed E-state index contributed by atoms with van der Waals surface area (Å²) in [6.45, 7) is 8.11. The molecular weight excluding hydrogens is 288 g/mol. The lowest BCUT2D eigenvalue weighted by molar-refractivity contribution is -0.123. The van der Waals surface area contributed by atoms with Crippen LogP contribution in [-0.4, -0.2) is 35.3 Å². The summed E-state index contributed by atoms with van der Waals surface area (Å²) in [5, 5.41) is 2.86. The lowest BCUT2D eigenvalue weighted by atomic mass is 10.1. The van der Waals surface area contributed by atoms with Crippen LogP contribution in [0, 0.1) is 0 Å². The number of nitrogens with one attached hydrogen (secondary N) is 1. The van der Waals surface area contributed by atoms with Gasteiger partial charge < -0.3 is 10.2 Å². The molecule has 0 spiro atoms. The van der Waals surface area contributed by atoms with Gasteiger partial charge in [-0.2, -0.15) is 0 Å². The Kier molecular flexibility index (Phi) is 6.21. The first kappa shape index (κ1) is 17.5. The molecule has 2 amide bonds. The van der Waals surface area contributed by atoms with Gasteiger partial charge >= 0.3 is 0 Å². The van der Waals surface area contributed by atoms with Crippen LogP contribution in [-0.2, 0) is 10.7 Å². The average molecular weight is 311 g/mol. The molecule has 0 saturated heterocycles. The molecule has 0 fully saturated rings. The molecule has 116 valence electrons. The van der Waals surface area contributed by atoms with Crippen molar-refractivity contribution in [1.29, 1.82) is 0 Å². The maximum atomic E-state index is 12.4. The lowest BCUT2D eigenvalue weighted by Crippen LogP contribution is -2.47. The summed E-state index contributed by atoms with van der Waals surface area (Å²) >= 11 is 5.78. The van der Waals surface area contributed by atoms with Crippen LogP contribution in [0.1, 0.15) is 43.6 Å². The molecule has 0 aromatic heterocycles. The first-order valence-corrected chi connectivity index (χ1v) is 7.55. The third-order valence-electron chi connectivity index (χ3n) is 2.85. The molecule has 5 heteroatoms. The smallest absolute Gasteiger partial charge is 0.254 e. The van der Waals surface area contributed by atoms with E-state index in [9.17, 15) is 9.59 Å². The van der Waals surface area contributed by atoms with E-state index >= 15 is 0 Å². The highest BCUT2D eigenvalue weighted by molar-refractivity contribution is 6.17. The third kappa shape index (κ3) is 5.76. The summed E-state index contributed by atoms with van der Waals surface area (Å²) in [5.74, 6) is 0.0392. The molecule has 0 unspecified atom stereocenters. The van der Waals surface area contributed by atoms with Crippen molar-refractivity contribution < 1.29 is 9.59 Å². The molecule has 0 atom stereocenters. The van der Waals surface area contributed by atoms with E-state index in [1.54, 1.807) is 18.2 Å². The fourth-order valence-corrected chi connectivity index (χ4v) is 2.09. The maximum Gasteiger partial charge on any atom is 0.254 e. The Bertz CT molecular complexity index is 509. The van der Waals surface area contributed by atoms with Gasteiger partial charge in [-0.15, -0.1) is 11.6 Å². The van der Waals surface area contributed by atoms with Gasteiger partial charge in [0.1, 0.15) is 0 Å². The van der Waals surface area contributed by atoms with Crippen LogP contribution in [0.25, 0.3) is 0 Å². The van der Waals surface area contributed by atoms with Crippen LogP contribution in [0.3, 0.4) is 0 Å². The molecular formula is C16H23ClN2O2. The molecule has 1 N–H and O–H groups in total. The number of amides is 2. The number of likely N-dealkylation sites (N-methyl/N-ethyl adjacent to an activating group) is 1. The SMILES string of the molecule is CCN(CC(=O)NC(C)(C)C)C(=O)c1cccc(CCl)c1. The summed E-state index contributed by atoms with van der Waals surface area (Å²) in [7, 11) is 0. The van der Waals surface area contributed by atoms with Gasteiger partial charge in [0.15, 0.2) is 0 Å². The zero-order chi connectivity index (χ0) is 16.0. The molecule has 1 rings (SSSR count). The molecule has 0 aliphatic rings. The van der Waals surface area contributed by atoms with Gasteiger partial charge in [0.05, 0.1) is 6.54 Å². The normalized spacial score (nSPS) is 11.1. The van der Waals surface area contributed by atoms with Gasteiger partial charge in [-0.1, -0.05) is 12.1 Å². The second-order valence-electron chi connectivity index (χ2n) is 5.95. The minimum Gasteiger partial charge on any atom is -0.350 e. The van der Waals surface area contributed by atoms with Gasteiger partial charge in [-0.3, -0.25) is 9.59 Å². The van der Waals surface area contributed by atoms with Crippen molar-refractivity contribution in [3.05, 3.63) is 35.4 Å². The number of carbonyl (C=O) groups is 2. The largest absolute Gasteiger partial charge is 0.350 e. The molecule has 1 aromatic carbocycles. The van der Waals surface area contributed by atoms with E-state index in [4.69, 9.17) is 11.6 Å². The Hall–Kier alpha value is -1.55. The number of hydrogen-bond donors (Lipinski definition) is 1. The van der Waals surface area contributed by atoms with Crippen LogP contribution in [0.4, 0.5) is 0 Å². The first-order valence-electron chi connectivity index (χ1n) is 7.02. The number of halogens is 1. The number of nitrogens with zero attached hydrogens (tertiary/aromatic N) is 1. The molecule has 0 aliphatic heterocycles. The zero-order valence-corrected chi connectivity index (χ0v) is 13.8. The fourth-order valence-electron chi connectivity index (χ4n) is 1.93. The number of rotatable bonds is 5. The highest BCUT2D eigenvalue weighted by atomic mass is 35.5. The number of carbonyl (C=O) groups excluding carboxylic acids is 2. The molecule has 0 aliphatic carbocycles. The molecule has 1 aromatic rings. The van der Waals surface area contributed by atoms with Crippen LogP contribution >= 0.6 is 11.6 Å². The van der Waals surface area contributed by atoms with Crippen LogP contribution in [0.15, 0.2) is 24.3 Å². The monoisotopic (exact) mass is 310 g/mol. The van der Waals surface area contributed by atoms with Crippen LogP contribution in [0.2, 0.25) is 0 Å². The Balaban J connectivity index is 2.79. The van der Waals surface area contributed by atoms with E-state index in [0.717, 1.165) is 5.56 Å². The topological polar surface area (TPSA) is 49.4 Å². The second-order valence-corrected chi connectivity index (χ2v) is 6.22. The third-order valence-corrected chi connectivity index (χ3v) is 3.15. The van der Waals surface area contributed by atoms with E-state index in [1.807, 2.05) is 33.8 Å². The van der Waals surface area contributed by atoms with Crippen molar-refractivity contribution >= 4 is 23.4 Å². The number of benzene rings is 1. The van der Waals surface area contributed by atoms with Crippen molar-refractivity contribution in [2.24, 2.45) is 0 Å². The summed E-state index contributed by atoms with van der Waals surface area (Å²) in [6, 6.07) is 7.17. The molecule has 0 radical (unpaired) electrons. The minimum absolute atomic E-state index is 0.0533. The number of alkyl halides is 1. The van der Waals surface area contributed by atoms with Gasteiger partial charge in [0.2, 0.25) is 5.91 Å². The van der Waals surface area contributed by atoms with Crippen molar-refractivity contribution in [3.8, 4) is 0 Å². The van der Waals surface area contributed by atoms with Crippen molar-refractivity contribution in [1.82, 2.24) is 10.2 Å². The standard InChI is InChI=1S/C16H23ClN2O2/c1-5-19(11-14(20)18-16(2,3)4)15(21)13-8-6-7-12(9-13)10-17/h6-9H,5,10-11H2,1-4H3,(H,18,20). The second kappa shape index (κ2) is 7.46. The summed E-state index contributed by atoms with van der Waals surface area (Å²) in [4.78, 5) is 25.9. The average Bonchev–Trinajstić information content (AvgIpc) is 2.42. The minimum atomic E-state index is -0.307. The molecule has 4 nitrogen and oxygen atoms in total. The van der Waals surface area contributed by atoms with Gasteiger partial charge in [-0.25, -0.2) is 0 Å². The Morgan fingerprint density at radius 1 is 1.29 bits per heavy atom. The predicted molar refractivity (Wildman–Crippen MR) is 85.5 cm³/mol.